The molecular formula is C10H11BrClN. The second kappa shape index (κ2) is 3.89. The number of benzene rings is 1. The Labute approximate surface area is 91.8 Å². The second-order valence-corrected chi connectivity index (χ2v) is 4.55. The van der Waals surface area contributed by atoms with Crippen molar-refractivity contribution in [2.45, 2.75) is 12.8 Å². The molecule has 1 aromatic rings. The molecule has 13 heavy (non-hydrogen) atoms. The number of nitrogens with zero attached hydrogens (tertiary/aromatic N) is 1. The molecule has 1 heterocycles. The van der Waals surface area contributed by atoms with E-state index in [-0.39, 0.29) is 0 Å². The first kappa shape index (κ1) is 9.35. The lowest BCUT2D eigenvalue weighted by Gasteiger charge is -2.17. The summed E-state index contributed by atoms with van der Waals surface area (Å²) in [7, 11) is 0. The van der Waals surface area contributed by atoms with Crippen molar-refractivity contribution >= 4 is 33.2 Å². The Morgan fingerprint density at radius 2 is 1.92 bits per heavy atom. The van der Waals surface area contributed by atoms with Crippen LogP contribution in [-0.2, 0) is 0 Å². The lowest BCUT2D eigenvalue weighted by atomic mass is 10.3. The van der Waals surface area contributed by atoms with Crippen molar-refractivity contribution in [3.63, 3.8) is 0 Å². The molecule has 1 nitrogen and oxygen atoms in total. The number of hydrogen-bond donors (Lipinski definition) is 0. The van der Waals surface area contributed by atoms with Crippen molar-refractivity contribution in [2.24, 2.45) is 0 Å². The molecule has 0 saturated carbocycles. The fourth-order valence-corrected chi connectivity index (χ4v) is 2.08. The van der Waals surface area contributed by atoms with Gasteiger partial charge in [0.15, 0.2) is 0 Å². The maximum absolute atomic E-state index is 6.02. The van der Waals surface area contributed by atoms with Crippen LogP contribution in [0.1, 0.15) is 12.8 Å². The highest BCUT2D eigenvalue weighted by Gasteiger charge is 2.12. The second-order valence-electron chi connectivity index (χ2n) is 3.29. The molecule has 1 aliphatic heterocycles. The van der Waals surface area contributed by atoms with E-state index in [0.29, 0.717) is 0 Å². The van der Waals surface area contributed by atoms with Crippen molar-refractivity contribution in [1.29, 1.82) is 0 Å². The van der Waals surface area contributed by atoms with Gasteiger partial charge in [-0.1, -0.05) is 11.6 Å². The summed E-state index contributed by atoms with van der Waals surface area (Å²) in [6, 6.07) is 6.15. The highest BCUT2D eigenvalue weighted by Crippen LogP contribution is 2.29. The third-order valence-electron chi connectivity index (χ3n) is 2.37. The molecule has 70 valence electrons. The molecule has 0 aromatic heterocycles. The van der Waals surface area contributed by atoms with Gasteiger partial charge in [-0.3, -0.25) is 0 Å². The Balaban J connectivity index is 2.25. The van der Waals surface area contributed by atoms with Gasteiger partial charge in [0.25, 0.3) is 0 Å². The molecule has 1 aliphatic rings. The van der Waals surface area contributed by atoms with Gasteiger partial charge in [-0.2, -0.15) is 0 Å². The van der Waals surface area contributed by atoms with Gasteiger partial charge in [0.1, 0.15) is 0 Å². The van der Waals surface area contributed by atoms with Gasteiger partial charge in [0, 0.05) is 23.2 Å². The van der Waals surface area contributed by atoms with Gasteiger partial charge in [0.05, 0.1) is 5.02 Å². The number of anilines is 1. The average Bonchev–Trinajstić information content (AvgIpc) is 2.62. The van der Waals surface area contributed by atoms with E-state index < -0.39 is 0 Å². The first-order chi connectivity index (χ1) is 6.27. The fourth-order valence-electron chi connectivity index (χ4n) is 1.66. The normalized spacial score (nSPS) is 16.6. The minimum absolute atomic E-state index is 0.796. The molecule has 0 N–H and O–H groups in total. The van der Waals surface area contributed by atoms with Crippen LogP contribution in [0.3, 0.4) is 0 Å². The molecule has 1 fully saturated rings. The first-order valence-electron chi connectivity index (χ1n) is 4.47. The Hall–Kier alpha value is -0.210. The Morgan fingerprint density at radius 3 is 2.54 bits per heavy atom. The van der Waals surface area contributed by atoms with E-state index in [4.69, 9.17) is 11.6 Å². The summed E-state index contributed by atoms with van der Waals surface area (Å²) in [6.07, 6.45) is 2.60. The molecular weight excluding hydrogens is 249 g/mol. The van der Waals surface area contributed by atoms with Crippen LogP contribution in [0.15, 0.2) is 22.7 Å². The van der Waals surface area contributed by atoms with Crippen LogP contribution in [0.5, 0.6) is 0 Å². The molecule has 0 spiro atoms. The van der Waals surface area contributed by atoms with E-state index in [1.54, 1.807) is 0 Å². The maximum atomic E-state index is 6.02. The smallest absolute Gasteiger partial charge is 0.0568 e. The molecule has 2 rings (SSSR count). The Bertz CT molecular complexity index is 308. The monoisotopic (exact) mass is 259 g/mol. The van der Waals surface area contributed by atoms with Crippen LogP contribution in [0.25, 0.3) is 0 Å². The zero-order valence-electron chi connectivity index (χ0n) is 7.26. The first-order valence-corrected chi connectivity index (χ1v) is 5.64. The van der Waals surface area contributed by atoms with Gasteiger partial charge >= 0.3 is 0 Å². The van der Waals surface area contributed by atoms with E-state index in [1.807, 2.05) is 12.1 Å². The average molecular weight is 261 g/mol. The molecule has 1 aromatic carbocycles. The number of rotatable bonds is 1. The molecule has 0 radical (unpaired) electrons. The minimum atomic E-state index is 0.796. The lowest BCUT2D eigenvalue weighted by molar-refractivity contribution is 0.949. The summed E-state index contributed by atoms with van der Waals surface area (Å²) in [5.41, 5.74) is 1.24. The molecule has 0 amide bonds. The van der Waals surface area contributed by atoms with E-state index in [2.05, 4.69) is 26.9 Å². The molecule has 0 aliphatic carbocycles. The van der Waals surface area contributed by atoms with Gasteiger partial charge in [0.2, 0.25) is 0 Å². The summed E-state index contributed by atoms with van der Waals surface area (Å²) in [4.78, 5) is 2.37. The van der Waals surface area contributed by atoms with Crippen LogP contribution in [0.2, 0.25) is 5.02 Å². The molecule has 0 unspecified atom stereocenters. The number of hydrogen-bond acceptors (Lipinski definition) is 1. The Kier molecular flexibility index (Phi) is 2.80. The van der Waals surface area contributed by atoms with Crippen LogP contribution in [0.4, 0.5) is 5.69 Å². The van der Waals surface area contributed by atoms with Crippen LogP contribution >= 0.6 is 27.5 Å². The van der Waals surface area contributed by atoms with Crippen LogP contribution in [0, 0.1) is 0 Å². The van der Waals surface area contributed by atoms with Gasteiger partial charge in [-0.25, -0.2) is 0 Å². The predicted molar refractivity (Wildman–Crippen MR) is 60.6 cm³/mol. The van der Waals surface area contributed by atoms with E-state index in [1.165, 1.54) is 18.5 Å². The molecule has 1 saturated heterocycles. The zero-order chi connectivity index (χ0) is 9.26. The quantitative estimate of drug-likeness (QED) is 0.744. The summed E-state index contributed by atoms with van der Waals surface area (Å²) in [6.45, 7) is 2.33. The van der Waals surface area contributed by atoms with E-state index in [9.17, 15) is 0 Å². The largest absolute Gasteiger partial charge is 0.371 e. The third-order valence-corrected chi connectivity index (χ3v) is 3.61. The lowest BCUT2D eigenvalue weighted by Crippen LogP contribution is -2.17. The van der Waals surface area contributed by atoms with Crippen molar-refractivity contribution in [2.75, 3.05) is 18.0 Å². The standard InChI is InChI=1S/C10H11BrClN/c11-9-4-3-8(7-10(9)12)13-5-1-2-6-13/h3-4,7H,1-2,5-6H2. The van der Waals surface area contributed by atoms with Gasteiger partial charge in [-0.05, 0) is 47.0 Å². The summed E-state index contributed by atoms with van der Waals surface area (Å²) in [5, 5.41) is 0.796. The van der Waals surface area contributed by atoms with Crippen molar-refractivity contribution < 1.29 is 0 Å². The zero-order valence-corrected chi connectivity index (χ0v) is 9.61. The highest BCUT2D eigenvalue weighted by molar-refractivity contribution is 9.10. The minimum Gasteiger partial charge on any atom is -0.371 e. The SMILES string of the molecule is Clc1cc(N2CCCC2)ccc1Br. The predicted octanol–water partition coefficient (Wildman–Crippen LogP) is 3.70. The van der Waals surface area contributed by atoms with Crippen molar-refractivity contribution in [3.8, 4) is 0 Å². The molecule has 0 bridgehead atoms. The molecule has 3 heteroatoms. The van der Waals surface area contributed by atoms with Crippen molar-refractivity contribution in [3.05, 3.63) is 27.7 Å². The topological polar surface area (TPSA) is 3.24 Å². The van der Waals surface area contributed by atoms with Crippen molar-refractivity contribution in [1.82, 2.24) is 0 Å². The van der Waals surface area contributed by atoms with Crippen LogP contribution in [-0.4, -0.2) is 13.1 Å². The Morgan fingerprint density at radius 1 is 1.23 bits per heavy atom. The van der Waals surface area contributed by atoms with Gasteiger partial charge < -0.3 is 4.90 Å². The maximum Gasteiger partial charge on any atom is 0.0568 e. The summed E-state index contributed by atoms with van der Waals surface area (Å²) in [5.74, 6) is 0. The fraction of sp³-hybridized carbons (Fsp3) is 0.400. The van der Waals surface area contributed by atoms with Crippen LogP contribution < -0.4 is 4.90 Å². The third kappa shape index (κ3) is 2.00. The summed E-state index contributed by atoms with van der Waals surface area (Å²) >= 11 is 9.41. The van der Waals surface area contributed by atoms with Gasteiger partial charge in [-0.15, -0.1) is 0 Å². The number of halogens is 2. The van der Waals surface area contributed by atoms with E-state index in [0.717, 1.165) is 22.6 Å². The molecule has 0 atom stereocenters. The highest BCUT2D eigenvalue weighted by atomic mass is 79.9. The summed E-state index contributed by atoms with van der Waals surface area (Å²) < 4.78 is 0.970. The van der Waals surface area contributed by atoms with E-state index >= 15 is 0 Å².